The van der Waals surface area contributed by atoms with Gasteiger partial charge in [0.15, 0.2) is 18.1 Å². The van der Waals surface area contributed by atoms with Crippen molar-refractivity contribution >= 4 is 28.1 Å². The van der Waals surface area contributed by atoms with Gasteiger partial charge in [-0.25, -0.2) is 5.43 Å². The van der Waals surface area contributed by atoms with Crippen molar-refractivity contribution in [3.8, 4) is 17.2 Å². The molecule has 0 aliphatic carbocycles. The SMILES string of the molecule is CCc1ccc(OCC(=O)NN=Cc2cccc(OC)c2O)c(Br)c1. The largest absolute Gasteiger partial charge is 0.504 e. The molecule has 2 rings (SSSR count). The van der Waals surface area contributed by atoms with Gasteiger partial charge in [-0.05, 0) is 52.2 Å². The minimum absolute atomic E-state index is 0.0424. The summed E-state index contributed by atoms with van der Waals surface area (Å²) in [5.41, 5.74) is 3.95. The van der Waals surface area contributed by atoms with Crippen LogP contribution in [-0.4, -0.2) is 30.9 Å². The summed E-state index contributed by atoms with van der Waals surface area (Å²) in [6, 6.07) is 10.7. The lowest BCUT2D eigenvalue weighted by Gasteiger charge is -2.08. The molecule has 0 aromatic heterocycles. The number of carbonyl (C=O) groups excluding carboxylic acids is 1. The summed E-state index contributed by atoms with van der Waals surface area (Å²) in [6.07, 6.45) is 2.26. The number of halogens is 1. The molecule has 0 bridgehead atoms. The Morgan fingerprint density at radius 1 is 1.32 bits per heavy atom. The molecule has 7 heteroatoms. The molecule has 0 saturated carbocycles. The minimum atomic E-state index is -0.412. The van der Waals surface area contributed by atoms with Crippen LogP contribution in [0, 0.1) is 0 Å². The van der Waals surface area contributed by atoms with Gasteiger partial charge in [-0.1, -0.05) is 19.1 Å². The predicted octanol–water partition coefficient (Wildman–Crippen LogP) is 3.25. The van der Waals surface area contributed by atoms with Gasteiger partial charge >= 0.3 is 0 Å². The van der Waals surface area contributed by atoms with Crippen molar-refractivity contribution in [2.75, 3.05) is 13.7 Å². The number of hydrogen-bond acceptors (Lipinski definition) is 5. The summed E-state index contributed by atoms with van der Waals surface area (Å²) in [4.78, 5) is 11.8. The van der Waals surface area contributed by atoms with Crippen LogP contribution in [0.5, 0.6) is 17.2 Å². The third-order valence-electron chi connectivity index (χ3n) is 3.41. The van der Waals surface area contributed by atoms with Crippen LogP contribution in [0.15, 0.2) is 46.0 Å². The van der Waals surface area contributed by atoms with Gasteiger partial charge in [0.1, 0.15) is 5.75 Å². The number of aromatic hydroxyl groups is 1. The number of methoxy groups -OCH3 is 1. The number of hydrogen-bond donors (Lipinski definition) is 2. The fraction of sp³-hybridized carbons (Fsp3) is 0.222. The average molecular weight is 407 g/mol. The highest BCUT2D eigenvalue weighted by molar-refractivity contribution is 9.10. The van der Waals surface area contributed by atoms with Crippen LogP contribution < -0.4 is 14.9 Å². The summed E-state index contributed by atoms with van der Waals surface area (Å²) in [6.45, 7) is 1.89. The van der Waals surface area contributed by atoms with E-state index in [9.17, 15) is 9.90 Å². The predicted molar refractivity (Wildman–Crippen MR) is 99.4 cm³/mol. The smallest absolute Gasteiger partial charge is 0.277 e. The van der Waals surface area contributed by atoms with E-state index in [-0.39, 0.29) is 12.4 Å². The molecule has 0 unspecified atom stereocenters. The van der Waals surface area contributed by atoms with Crippen molar-refractivity contribution in [2.24, 2.45) is 5.10 Å². The van der Waals surface area contributed by atoms with Gasteiger partial charge in [0.05, 0.1) is 17.8 Å². The highest BCUT2D eigenvalue weighted by Crippen LogP contribution is 2.28. The highest BCUT2D eigenvalue weighted by atomic mass is 79.9. The molecule has 2 N–H and O–H groups in total. The zero-order valence-electron chi connectivity index (χ0n) is 14.0. The number of ether oxygens (including phenoxy) is 2. The summed E-state index contributed by atoms with van der Waals surface area (Å²) < 4.78 is 11.3. The topological polar surface area (TPSA) is 80.2 Å². The number of para-hydroxylation sites is 1. The highest BCUT2D eigenvalue weighted by Gasteiger charge is 2.07. The number of carbonyl (C=O) groups is 1. The second-order valence-electron chi connectivity index (χ2n) is 5.10. The zero-order chi connectivity index (χ0) is 18.2. The van der Waals surface area contributed by atoms with Gasteiger partial charge in [-0.15, -0.1) is 0 Å². The molecule has 2 aromatic rings. The molecule has 2 aromatic carbocycles. The number of amides is 1. The summed E-state index contributed by atoms with van der Waals surface area (Å²) in [5.74, 6) is 0.463. The lowest BCUT2D eigenvalue weighted by molar-refractivity contribution is -0.123. The van der Waals surface area contributed by atoms with Crippen molar-refractivity contribution in [3.63, 3.8) is 0 Å². The number of phenolic OH excluding ortho intramolecular Hbond substituents is 1. The van der Waals surface area contributed by atoms with Crippen LogP contribution in [0.4, 0.5) is 0 Å². The number of nitrogens with one attached hydrogen (secondary N) is 1. The average Bonchev–Trinajstić information content (AvgIpc) is 2.62. The van der Waals surface area contributed by atoms with E-state index in [1.54, 1.807) is 18.2 Å². The Kier molecular flexibility index (Phi) is 6.82. The van der Waals surface area contributed by atoms with Crippen molar-refractivity contribution in [2.45, 2.75) is 13.3 Å². The van der Waals surface area contributed by atoms with Crippen LogP contribution in [-0.2, 0) is 11.2 Å². The maximum atomic E-state index is 11.8. The zero-order valence-corrected chi connectivity index (χ0v) is 15.5. The molecule has 0 aliphatic rings. The van der Waals surface area contributed by atoms with E-state index in [0.29, 0.717) is 17.1 Å². The van der Waals surface area contributed by atoms with E-state index in [0.717, 1.165) is 10.9 Å². The molecular weight excluding hydrogens is 388 g/mol. The third kappa shape index (κ3) is 5.22. The molecule has 0 fully saturated rings. The van der Waals surface area contributed by atoms with Crippen LogP contribution in [0.1, 0.15) is 18.1 Å². The normalized spacial score (nSPS) is 10.7. The number of aryl methyl sites for hydroxylation is 1. The Morgan fingerprint density at radius 2 is 2.12 bits per heavy atom. The summed E-state index contributed by atoms with van der Waals surface area (Å²) in [7, 11) is 1.46. The van der Waals surface area contributed by atoms with Crippen molar-refractivity contribution in [1.29, 1.82) is 0 Å². The number of benzene rings is 2. The Hall–Kier alpha value is -2.54. The maximum Gasteiger partial charge on any atom is 0.277 e. The van der Waals surface area contributed by atoms with Crippen molar-refractivity contribution in [1.82, 2.24) is 5.43 Å². The Bertz CT molecular complexity index is 778. The van der Waals surface area contributed by atoms with Gasteiger partial charge in [-0.3, -0.25) is 4.79 Å². The van der Waals surface area contributed by atoms with Crippen LogP contribution in [0.25, 0.3) is 0 Å². The van der Waals surface area contributed by atoms with Gasteiger partial charge < -0.3 is 14.6 Å². The van der Waals surface area contributed by atoms with E-state index in [4.69, 9.17) is 9.47 Å². The maximum absolute atomic E-state index is 11.8. The molecule has 0 spiro atoms. The van der Waals surface area contributed by atoms with Crippen molar-refractivity contribution < 1.29 is 19.4 Å². The van der Waals surface area contributed by atoms with Crippen LogP contribution in [0.2, 0.25) is 0 Å². The summed E-state index contributed by atoms with van der Waals surface area (Å²) >= 11 is 3.42. The number of rotatable bonds is 7. The number of phenols is 1. The summed E-state index contributed by atoms with van der Waals surface area (Å²) in [5, 5.41) is 13.7. The Labute approximate surface area is 154 Å². The van der Waals surface area contributed by atoms with E-state index in [1.165, 1.54) is 18.9 Å². The second-order valence-corrected chi connectivity index (χ2v) is 5.95. The van der Waals surface area contributed by atoms with Crippen LogP contribution in [0.3, 0.4) is 0 Å². The quantitative estimate of drug-likeness (QED) is 0.546. The van der Waals surface area contributed by atoms with Crippen LogP contribution >= 0.6 is 15.9 Å². The van der Waals surface area contributed by atoms with Gasteiger partial charge in [-0.2, -0.15) is 5.10 Å². The van der Waals surface area contributed by atoms with Gasteiger partial charge in [0.2, 0.25) is 0 Å². The molecule has 1 amide bonds. The number of hydrazone groups is 1. The molecule has 0 heterocycles. The number of nitrogens with zero attached hydrogens (tertiary/aromatic N) is 1. The second kappa shape index (κ2) is 9.08. The fourth-order valence-corrected chi connectivity index (χ4v) is 2.58. The molecule has 25 heavy (non-hydrogen) atoms. The van der Waals surface area contributed by atoms with Gasteiger partial charge in [0.25, 0.3) is 5.91 Å². The molecule has 0 aliphatic heterocycles. The standard InChI is InChI=1S/C18H19BrN2O4/c1-3-12-7-8-15(14(19)9-12)25-11-17(22)21-20-10-13-5-4-6-16(24-2)18(13)23/h4-10,23H,3,11H2,1-2H3,(H,21,22). The molecule has 0 radical (unpaired) electrons. The lowest BCUT2D eigenvalue weighted by atomic mass is 10.2. The molecular formula is C18H19BrN2O4. The monoisotopic (exact) mass is 406 g/mol. The van der Waals surface area contributed by atoms with E-state index in [2.05, 4.69) is 33.4 Å². The Morgan fingerprint density at radius 3 is 2.80 bits per heavy atom. The first-order valence-corrected chi connectivity index (χ1v) is 8.43. The van der Waals surface area contributed by atoms with Gasteiger partial charge in [0, 0.05) is 5.56 Å². The first-order valence-electron chi connectivity index (χ1n) is 7.64. The lowest BCUT2D eigenvalue weighted by Crippen LogP contribution is -2.24. The van der Waals surface area contributed by atoms with E-state index in [1.807, 2.05) is 18.2 Å². The molecule has 132 valence electrons. The molecule has 0 atom stereocenters. The van der Waals surface area contributed by atoms with E-state index >= 15 is 0 Å². The molecule has 0 saturated heterocycles. The fourth-order valence-electron chi connectivity index (χ4n) is 2.04. The first-order chi connectivity index (χ1) is 12.0. The van der Waals surface area contributed by atoms with E-state index < -0.39 is 5.91 Å². The molecule has 6 nitrogen and oxygen atoms in total. The Balaban J connectivity index is 1.89. The minimum Gasteiger partial charge on any atom is -0.504 e. The first kappa shape index (κ1) is 18.8. The third-order valence-corrected chi connectivity index (χ3v) is 4.03. The van der Waals surface area contributed by atoms with Crippen molar-refractivity contribution in [3.05, 3.63) is 52.0 Å².